The average Bonchev–Trinajstić information content (AvgIpc) is 2.38. The van der Waals surface area contributed by atoms with E-state index in [0.29, 0.717) is 12.2 Å². The smallest absolute Gasteiger partial charge is 0.251 e. The van der Waals surface area contributed by atoms with Crippen LogP contribution in [0.5, 0.6) is 0 Å². The summed E-state index contributed by atoms with van der Waals surface area (Å²) in [6.07, 6.45) is 0. The minimum atomic E-state index is -3.24. The SMILES string of the molecule is COCc1ccccc1C(=O)NCCS(=O)(=O)C(C)(C)C. The van der Waals surface area contributed by atoms with Crippen molar-refractivity contribution in [1.29, 1.82) is 0 Å². The van der Waals surface area contributed by atoms with Crippen LogP contribution in [0, 0.1) is 0 Å². The van der Waals surface area contributed by atoms with E-state index < -0.39 is 14.6 Å². The minimum Gasteiger partial charge on any atom is -0.380 e. The van der Waals surface area contributed by atoms with Gasteiger partial charge in [0.25, 0.3) is 5.91 Å². The van der Waals surface area contributed by atoms with Crippen LogP contribution in [0.4, 0.5) is 0 Å². The van der Waals surface area contributed by atoms with E-state index in [-0.39, 0.29) is 18.2 Å². The molecule has 6 heteroatoms. The Labute approximate surface area is 126 Å². The van der Waals surface area contributed by atoms with Gasteiger partial charge in [0.15, 0.2) is 9.84 Å². The third-order valence-corrected chi connectivity index (χ3v) is 5.76. The molecule has 1 aromatic rings. The van der Waals surface area contributed by atoms with Gasteiger partial charge in [-0.3, -0.25) is 4.79 Å². The molecule has 1 N–H and O–H groups in total. The quantitative estimate of drug-likeness (QED) is 0.869. The van der Waals surface area contributed by atoms with Crippen LogP contribution in [-0.2, 0) is 21.2 Å². The summed E-state index contributed by atoms with van der Waals surface area (Å²) in [6.45, 7) is 5.39. The lowest BCUT2D eigenvalue weighted by Crippen LogP contribution is -2.36. The highest BCUT2D eigenvalue weighted by Gasteiger charge is 2.28. The summed E-state index contributed by atoms with van der Waals surface area (Å²) in [5.41, 5.74) is 1.28. The highest BCUT2D eigenvalue weighted by atomic mass is 32.2. The second kappa shape index (κ2) is 7.04. The zero-order valence-electron chi connectivity index (χ0n) is 13.0. The number of benzene rings is 1. The fourth-order valence-electron chi connectivity index (χ4n) is 1.72. The maximum absolute atomic E-state index is 12.1. The molecule has 0 heterocycles. The molecule has 1 rings (SSSR count). The van der Waals surface area contributed by atoms with Crippen molar-refractivity contribution in [3.05, 3.63) is 35.4 Å². The number of sulfone groups is 1. The van der Waals surface area contributed by atoms with Gasteiger partial charge in [-0.2, -0.15) is 0 Å². The molecule has 0 radical (unpaired) electrons. The lowest BCUT2D eigenvalue weighted by molar-refractivity contribution is 0.0951. The van der Waals surface area contributed by atoms with Gasteiger partial charge < -0.3 is 10.1 Å². The fraction of sp³-hybridized carbons (Fsp3) is 0.533. The Hall–Kier alpha value is -1.40. The summed E-state index contributed by atoms with van der Waals surface area (Å²) in [5, 5.41) is 2.65. The van der Waals surface area contributed by atoms with Gasteiger partial charge in [0.1, 0.15) is 0 Å². The molecule has 0 aliphatic heterocycles. The maximum Gasteiger partial charge on any atom is 0.251 e. The second-order valence-corrected chi connectivity index (χ2v) is 8.64. The Morgan fingerprint density at radius 3 is 2.43 bits per heavy atom. The van der Waals surface area contributed by atoms with E-state index >= 15 is 0 Å². The molecule has 0 aromatic heterocycles. The van der Waals surface area contributed by atoms with Crippen LogP contribution in [0.25, 0.3) is 0 Å². The van der Waals surface area contributed by atoms with Crippen molar-refractivity contribution in [3.8, 4) is 0 Å². The lowest BCUT2D eigenvalue weighted by atomic mass is 10.1. The molecule has 0 aliphatic rings. The lowest BCUT2D eigenvalue weighted by Gasteiger charge is -2.19. The molecule has 1 amide bonds. The van der Waals surface area contributed by atoms with E-state index in [9.17, 15) is 13.2 Å². The van der Waals surface area contributed by atoms with Crippen LogP contribution in [0.2, 0.25) is 0 Å². The van der Waals surface area contributed by atoms with Crippen LogP contribution in [0.15, 0.2) is 24.3 Å². The first-order valence-corrected chi connectivity index (χ1v) is 8.41. The van der Waals surface area contributed by atoms with E-state index in [1.54, 1.807) is 40.0 Å². The zero-order valence-corrected chi connectivity index (χ0v) is 13.8. The number of hydrogen-bond donors (Lipinski definition) is 1. The minimum absolute atomic E-state index is 0.0747. The highest BCUT2D eigenvalue weighted by Crippen LogP contribution is 2.15. The second-order valence-electron chi connectivity index (χ2n) is 5.78. The van der Waals surface area contributed by atoms with E-state index in [1.165, 1.54) is 0 Å². The Morgan fingerprint density at radius 1 is 1.24 bits per heavy atom. The van der Waals surface area contributed by atoms with Gasteiger partial charge in [-0.15, -0.1) is 0 Å². The highest BCUT2D eigenvalue weighted by molar-refractivity contribution is 7.92. The van der Waals surface area contributed by atoms with Crippen LogP contribution in [0.3, 0.4) is 0 Å². The molecule has 5 nitrogen and oxygen atoms in total. The van der Waals surface area contributed by atoms with E-state index in [1.807, 2.05) is 12.1 Å². The third-order valence-electron chi connectivity index (χ3n) is 3.15. The van der Waals surface area contributed by atoms with Gasteiger partial charge >= 0.3 is 0 Å². The first kappa shape index (κ1) is 17.7. The normalized spacial score (nSPS) is 12.2. The number of amides is 1. The molecule has 118 valence electrons. The van der Waals surface area contributed by atoms with Crippen LogP contribution in [0.1, 0.15) is 36.7 Å². The summed E-state index contributed by atoms with van der Waals surface area (Å²) in [5.74, 6) is -0.360. The molecule has 0 fully saturated rings. The first-order chi connectivity index (χ1) is 9.69. The van der Waals surface area contributed by atoms with Crippen molar-refractivity contribution in [1.82, 2.24) is 5.32 Å². The number of methoxy groups -OCH3 is 1. The molecule has 0 saturated carbocycles. The number of rotatable bonds is 6. The van der Waals surface area contributed by atoms with Crippen molar-refractivity contribution in [2.75, 3.05) is 19.4 Å². The van der Waals surface area contributed by atoms with Crippen molar-refractivity contribution in [2.24, 2.45) is 0 Å². The summed E-state index contributed by atoms with van der Waals surface area (Å²) in [6, 6.07) is 7.10. The fourth-order valence-corrected chi connectivity index (χ4v) is 2.71. The average molecular weight is 313 g/mol. The Balaban J connectivity index is 2.68. The molecule has 0 saturated heterocycles. The summed E-state index contributed by atoms with van der Waals surface area (Å²) in [4.78, 5) is 12.1. The Bertz CT molecular complexity index is 588. The summed E-state index contributed by atoms with van der Waals surface area (Å²) in [7, 11) is -1.68. The number of hydrogen-bond acceptors (Lipinski definition) is 4. The van der Waals surface area contributed by atoms with Crippen LogP contribution < -0.4 is 5.32 Å². The number of nitrogens with one attached hydrogen (secondary N) is 1. The standard InChI is InChI=1S/C15H23NO4S/c1-15(2,3)21(18,19)10-9-16-14(17)13-8-6-5-7-12(13)11-20-4/h5-8H,9-11H2,1-4H3,(H,16,17). The number of ether oxygens (including phenoxy) is 1. The van der Waals surface area contributed by atoms with E-state index in [2.05, 4.69) is 5.32 Å². The molecule has 0 atom stereocenters. The molecule has 0 spiro atoms. The molecular formula is C15H23NO4S. The van der Waals surface area contributed by atoms with Crippen LogP contribution in [-0.4, -0.2) is 38.5 Å². The van der Waals surface area contributed by atoms with Crippen LogP contribution >= 0.6 is 0 Å². The zero-order chi connectivity index (χ0) is 16.1. The molecule has 0 bridgehead atoms. The van der Waals surface area contributed by atoms with Gasteiger partial charge in [-0.05, 0) is 32.4 Å². The number of carbonyl (C=O) groups excluding carboxylic acids is 1. The number of carbonyl (C=O) groups is 1. The van der Waals surface area contributed by atoms with Crippen molar-refractivity contribution < 1.29 is 17.9 Å². The predicted molar refractivity (Wildman–Crippen MR) is 83.0 cm³/mol. The Morgan fingerprint density at radius 2 is 1.86 bits per heavy atom. The van der Waals surface area contributed by atoms with Crippen molar-refractivity contribution in [3.63, 3.8) is 0 Å². The van der Waals surface area contributed by atoms with Crippen molar-refractivity contribution >= 4 is 15.7 Å². The molecule has 0 aliphatic carbocycles. The summed E-state index contributed by atoms with van der Waals surface area (Å²) < 4.78 is 28.2. The van der Waals surface area contributed by atoms with Gasteiger partial charge in [0, 0.05) is 19.2 Å². The van der Waals surface area contributed by atoms with E-state index in [4.69, 9.17) is 4.74 Å². The van der Waals surface area contributed by atoms with E-state index in [0.717, 1.165) is 5.56 Å². The van der Waals surface area contributed by atoms with Gasteiger partial charge in [-0.25, -0.2) is 8.42 Å². The summed E-state index contributed by atoms with van der Waals surface area (Å²) >= 11 is 0. The topological polar surface area (TPSA) is 72.5 Å². The maximum atomic E-state index is 12.1. The van der Waals surface area contributed by atoms with Gasteiger partial charge in [0.2, 0.25) is 0 Å². The molecular weight excluding hydrogens is 290 g/mol. The van der Waals surface area contributed by atoms with Gasteiger partial charge in [0.05, 0.1) is 17.1 Å². The first-order valence-electron chi connectivity index (χ1n) is 6.76. The van der Waals surface area contributed by atoms with Crippen molar-refractivity contribution in [2.45, 2.75) is 32.1 Å². The molecule has 21 heavy (non-hydrogen) atoms. The van der Waals surface area contributed by atoms with Gasteiger partial charge in [-0.1, -0.05) is 18.2 Å². The Kier molecular flexibility index (Phi) is 5.92. The predicted octanol–water partition coefficient (Wildman–Crippen LogP) is 1.78. The third kappa shape index (κ3) is 4.82. The monoisotopic (exact) mass is 313 g/mol. The largest absolute Gasteiger partial charge is 0.380 e. The molecule has 0 unspecified atom stereocenters. The molecule has 1 aromatic carbocycles.